The van der Waals surface area contributed by atoms with Crippen LogP contribution in [0.4, 0.5) is 8.78 Å². The van der Waals surface area contributed by atoms with Crippen molar-refractivity contribution in [2.75, 3.05) is 0 Å². The van der Waals surface area contributed by atoms with Gasteiger partial charge >= 0.3 is 0 Å². The molecule has 1 nitrogen and oxygen atoms in total. The van der Waals surface area contributed by atoms with Gasteiger partial charge in [0.1, 0.15) is 11.6 Å². The number of rotatable bonds is 3. The average Bonchev–Trinajstić information content (AvgIpc) is 2.34. The monoisotopic (exact) mass is 253 g/mol. The Morgan fingerprint density at radius 3 is 2.28 bits per heavy atom. The zero-order valence-corrected chi connectivity index (χ0v) is 10.9. The molecule has 100 valence electrons. The molecule has 3 heteroatoms. The Morgan fingerprint density at radius 1 is 1.17 bits per heavy atom. The summed E-state index contributed by atoms with van der Waals surface area (Å²) in [7, 11) is 0. The van der Waals surface area contributed by atoms with Crippen molar-refractivity contribution in [2.24, 2.45) is 11.1 Å². The molecule has 0 amide bonds. The van der Waals surface area contributed by atoms with Crippen LogP contribution in [0.5, 0.6) is 0 Å². The molecule has 0 saturated heterocycles. The molecule has 0 heterocycles. The van der Waals surface area contributed by atoms with Crippen molar-refractivity contribution in [3.63, 3.8) is 0 Å². The van der Waals surface area contributed by atoms with Gasteiger partial charge in [0.05, 0.1) is 0 Å². The van der Waals surface area contributed by atoms with E-state index in [9.17, 15) is 8.78 Å². The van der Waals surface area contributed by atoms with Gasteiger partial charge in [-0.15, -0.1) is 0 Å². The average molecular weight is 253 g/mol. The molecule has 2 N–H and O–H groups in total. The van der Waals surface area contributed by atoms with Gasteiger partial charge in [0.25, 0.3) is 0 Å². The Hall–Kier alpha value is -0.960. The quantitative estimate of drug-likeness (QED) is 0.871. The molecule has 1 saturated carbocycles. The number of nitrogens with two attached hydrogens (primary N) is 1. The highest BCUT2D eigenvalue weighted by atomic mass is 19.1. The zero-order valence-electron chi connectivity index (χ0n) is 10.9. The van der Waals surface area contributed by atoms with E-state index in [1.807, 2.05) is 0 Å². The maximum atomic E-state index is 13.6. The van der Waals surface area contributed by atoms with Gasteiger partial charge in [0, 0.05) is 11.6 Å². The molecule has 1 unspecified atom stereocenters. The lowest BCUT2D eigenvalue weighted by atomic mass is 9.69. The van der Waals surface area contributed by atoms with E-state index in [2.05, 4.69) is 6.92 Å². The van der Waals surface area contributed by atoms with Crippen molar-refractivity contribution in [2.45, 2.75) is 51.5 Å². The summed E-state index contributed by atoms with van der Waals surface area (Å²) >= 11 is 0. The van der Waals surface area contributed by atoms with E-state index in [4.69, 9.17) is 5.73 Å². The first-order valence-electron chi connectivity index (χ1n) is 6.71. The van der Waals surface area contributed by atoms with Crippen LogP contribution in [0.15, 0.2) is 18.2 Å². The summed E-state index contributed by atoms with van der Waals surface area (Å²) in [6, 6.07) is 3.81. The highest BCUT2D eigenvalue weighted by Gasteiger charge is 2.33. The van der Waals surface area contributed by atoms with Gasteiger partial charge < -0.3 is 5.73 Å². The molecule has 18 heavy (non-hydrogen) atoms. The SMILES string of the molecule is CC1(C(N)Cc2c(F)cccc2F)CCCCC1. The molecule has 1 aromatic carbocycles. The predicted octanol–water partition coefficient (Wildman–Crippen LogP) is 3.81. The predicted molar refractivity (Wildman–Crippen MR) is 69.2 cm³/mol. The Morgan fingerprint density at radius 2 is 1.72 bits per heavy atom. The van der Waals surface area contributed by atoms with Gasteiger partial charge in [0.15, 0.2) is 0 Å². The van der Waals surface area contributed by atoms with Crippen LogP contribution in [0.25, 0.3) is 0 Å². The first-order chi connectivity index (χ1) is 8.53. The minimum Gasteiger partial charge on any atom is -0.327 e. The number of hydrogen-bond donors (Lipinski definition) is 1. The summed E-state index contributed by atoms with van der Waals surface area (Å²) in [6.07, 6.45) is 5.99. The van der Waals surface area contributed by atoms with Crippen LogP contribution in [0.2, 0.25) is 0 Å². The van der Waals surface area contributed by atoms with E-state index in [0.29, 0.717) is 0 Å². The van der Waals surface area contributed by atoms with Crippen molar-refractivity contribution >= 4 is 0 Å². The molecule has 1 fully saturated rings. The lowest BCUT2D eigenvalue weighted by molar-refractivity contribution is 0.167. The first kappa shape index (κ1) is 13.5. The van der Waals surface area contributed by atoms with Gasteiger partial charge in [-0.3, -0.25) is 0 Å². The van der Waals surface area contributed by atoms with Crippen molar-refractivity contribution in [3.05, 3.63) is 35.4 Å². The van der Waals surface area contributed by atoms with Gasteiger partial charge in [-0.1, -0.05) is 32.3 Å². The number of halogens is 2. The lowest BCUT2D eigenvalue weighted by Crippen LogP contribution is -2.42. The van der Waals surface area contributed by atoms with Crippen molar-refractivity contribution in [1.29, 1.82) is 0 Å². The van der Waals surface area contributed by atoms with Crippen molar-refractivity contribution in [1.82, 2.24) is 0 Å². The minimum absolute atomic E-state index is 0.0208. The van der Waals surface area contributed by atoms with Crippen LogP contribution in [0, 0.1) is 17.0 Å². The Balaban J connectivity index is 2.13. The highest BCUT2D eigenvalue weighted by molar-refractivity contribution is 5.21. The van der Waals surface area contributed by atoms with E-state index in [0.717, 1.165) is 12.8 Å². The number of hydrogen-bond acceptors (Lipinski definition) is 1. The van der Waals surface area contributed by atoms with Crippen LogP contribution >= 0.6 is 0 Å². The van der Waals surface area contributed by atoms with E-state index >= 15 is 0 Å². The fourth-order valence-electron chi connectivity index (χ4n) is 2.92. The van der Waals surface area contributed by atoms with E-state index in [1.165, 1.54) is 37.5 Å². The van der Waals surface area contributed by atoms with Gasteiger partial charge in [-0.05, 0) is 36.8 Å². The third kappa shape index (κ3) is 2.72. The second-order valence-corrected chi connectivity index (χ2v) is 5.73. The van der Waals surface area contributed by atoms with Gasteiger partial charge in [0.2, 0.25) is 0 Å². The second-order valence-electron chi connectivity index (χ2n) is 5.73. The van der Waals surface area contributed by atoms with Crippen LogP contribution in [-0.2, 0) is 6.42 Å². The second kappa shape index (κ2) is 5.35. The largest absolute Gasteiger partial charge is 0.327 e. The Bertz CT molecular complexity index is 391. The van der Waals surface area contributed by atoms with E-state index < -0.39 is 11.6 Å². The first-order valence-corrected chi connectivity index (χ1v) is 6.71. The third-order valence-corrected chi connectivity index (χ3v) is 4.38. The molecule has 1 atom stereocenters. The molecule has 0 bridgehead atoms. The Kier molecular flexibility index (Phi) is 4.00. The van der Waals surface area contributed by atoms with Gasteiger partial charge in [-0.25, -0.2) is 8.78 Å². The number of benzene rings is 1. The van der Waals surface area contributed by atoms with E-state index in [1.54, 1.807) is 0 Å². The van der Waals surface area contributed by atoms with Crippen LogP contribution in [0.1, 0.15) is 44.6 Å². The fraction of sp³-hybridized carbons (Fsp3) is 0.600. The molecule has 1 aromatic rings. The summed E-state index contributed by atoms with van der Waals surface area (Å²) in [5.74, 6) is -0.963. The molecule has 2 rings (SSSR count). The van der Waals surface area contributed by atoms with Crippen LogP contribution in [0.3, 0.4) is 0 Å². The molecule has 0 radical (unpaired) electrons. The normalized spacial score (nSPS) is 20.7. The topological polar surface area (TPSA) is 26.0 Å². The fourth-order valence-corrected chi connectivity index (χ4v) is 2.92. The lowest BCUT2D eigenvalue weighted by Gasteiger charge is -2.39. The summed E-state index contributed by atoms with van der Waals surface area (Å²) < 4.78 is 27.2. The van der Waals surface area contributed by atoms with Crippen molar-refractivity contribution < 1.29 is 8.78 Å². The van der Waals surface area contributed by atoms with E-state index in [-0.39, 0.29) is 23.4 Å². The highest BCUT2D eigenvalue weighted by Crippen LogP contribution is 2.39. The standard InChI is InChI=1S/C15H21F2N/c1-15(8-3-2-4-9-15)14(18)10-11-12(16)6-5-7-13(11)17/h5-7,14H,2-4,8-10,18H2,1H3. The molecule has 0 aromatic heterocycles. The van der Waals surface area contributed by atoms with Crippen LogP contribution < -0.4 is 5.73 Å². The molecule has 1 aliphatic carbocycles. The Labute approximate surface area is 107 Å². The summed E-state index contributed by atoms with van der Waals surface area (Å²) in [4.78, 5) is 0. The molecular formula is C15H21F2N. The summed E-state index contributed by atoms with van der Waals surface area (Å²) in [5.41, 5.74) is 6.38. The smallest absolute Gasteiger partial charge is 0.129 e. The molecule has 0 spiro atoms. The molecule has 0 aliphatic heterocycles. The maximum absolute atomic E-state index is 13.6. The van der Waals surface area contributed by atoms with Gasteiger partial charge in [-0.2, -0.15) is 0 Å². The zero-order chi connectivity index (χ0) is 13.2. The van der Waals surface area contributed by atoms with Crippen molar-refractivity contribution in [3.8, 4) is 0 Å². The maximum Gasteiger partial charge on any atom is 0.129 e. The summed E-state index contributed by atoms with van der Waals surface area (Å²) in [5, 5.41) is 0. The van der Waals surface area contributed by atoms with Crippen LogP contribution in [-0.4, -0.2) is 6.04 Å². The molecular weight excluding hydrogens is 232 g/mol. The minimum atomic E-state index is -0.482. The molecule has 1 aliphatic rings. The summed E-state index contributed by atoms with van der Waals surface area (Å²) in [6.45, 7) is 2.15. The third-order valence-electron chi connectivity index (χ3n) is 4.38.